The molecule has 0 unspecified atom stereocenters. The number of aromatic nitrogens is 3. The first-order valence-electron chi connectivity index (χ1n) is 19.4. The molecule has 0 N–H and O–H groups in total. The summed E-state index contributed by atoms with van der Waals surface area (Å²) in [6, 6.07) is 56.9. The van der Waals surface area contributed by atoms with Crippen LogP contribution in [0, 0.1) is 0 Å². The average molecular weight is 761 g/mol. The normalized spacial score (nSPS) is 12.1. The fraction of sp³-hybridized carbons (Fsp3) is 0. The van der Waals surface area contributed by atoms with Crippen LogP contribution in [0.25, 0.3) is 111 Å². The van der Waals surface area contributed by atoms with Crippen LogP contribution in [-0.4, -0.2) is 15.0 Å². The summed E-state index contributed by atoms with van der Waals surface area (Å²) in [5.74, 6) is 1.38. The molecular formula is C51H28N4O4. The van der Waals surface area contributed by atoms with Crippen LogP contribution >= 0.6 is 0 Å². The Hall–Kier alpha value is -8.23. The van der Waals surface area contributed by atoms with Gasteiger partial charge in [-0.1, -0.05) is 91.0 Å². The monoisotopic (exact) mass is 760 g/mol. The van der Waals surface area contributed by atoms with Crippen molar-refractivity contribution in [1.82, 2.24) is 15.0 Å². The molecule has 0 amide bonds. The van der Waals surface area contributed by atoms with Crippen molar-refractivity contribution >= 4 is 105 Å². The topological polar surface area (TPSA) is 94.5 Å². The molecule has 0 aliphatic rings. The Balaban J connectivity index is 1.13. The number of hydrogen-bond donors (Lipinski definition) is 0. The Bertz CT molecular complexity index is 3830. The molecule has 8 aromatic carbocycles. The summed E-state index contributed by atoms with van der Waals surface area (Å²) in [7, 11) is 0. The predicted octanol–water partition coefficient (Wildman–Crippen LogP) is 14.3. The third-order valence-electron chi connectivity index (χ3n) is 11.3. The third-order valence-corrected chi connectivity index (χ3v) is 11.3. The molecule has 8 nitrogen and oxygen atoms in total. The van der Waals surface area contributed by atoms with Crippen LogP contribution in [0.2, 0.25) is 0 Å². The molecule has 0 radical (unpaired) electrons. The van der Waals surface area contributed by atoms with Gasteiger partial charge in [-0.3, -0.25) is 4.90 Å². The van der Waals surface area contributed by atoms with Crippen LogP contribution in [-0.2, 0) is 0 Å². The van der Waals surface area contributed by atoms with E-state index >= 15 is 0 Å². The van der Waals surface area contributed by atoms with Crippen LogP contribution in [0.15, 0.2) is 188 Å². The van der Waals surface area contributed by atoms with E-state index in [1.165, 1.54) is 0 Å². The van der Waals surface area contributed by atoms with E-state index in [0.29, 0.717) is 23.2 Å². The molecule has 8 heteroatoms. The second-order valence-electron chi connectivity index (χ2n) is 14.7. The molecule has 59 heavy (non-hydrogen) atoms. The highest BCUT2D eigenvalue weighted by molar-refractivity contribution is 6.14. The van der Waals surface area contributed by atoms with Gasteiger partial charge in [0.15, 0.2) is 11.6 Å². The summed E-state index contributed by atoms with van der Waals surface area (Å²) in [4.78, 5) is 18.1. The van der Waals surface area contributed by atoms with Crippen LogP contribution < -0.4 is 4.90 Å². The molecule has 0 fully saturated rings. The second-order valence-corrected chi connectivity index (χ2v) is 14.7. The zero-order chi connectivity index (χ0) is 38.6. The van der Waals surface area contributed by atoms with Crippen LogP contribution in [0.3, 0.4) is 0 Å². The van der Waals surface area contributed by atoms with Crippen molar-refractivity contribution in [3.8, 4) is 22.8 Å². The van der Waals surface area contributed by atoms with E-state index in [0.717, 1.165) is 105 Å². The summed E-state index contributed by atoms with van der Waals surface area (Å²) in [6.45, 7) is 0. The van der Waals surface area contributed by atoms with Gasteiger partial charge in [-0.2, -0.15) is 9.97 Å². The minimum Gasteiger partial charge on any atom is -0.456 e. The number of nitrogens with zero attached hydrogens (tertiary/aromatic N) is 4. The Morgan fingerprint density at radius 2 is 0.881 bits per heavy atom. The maximum absolute atomic E-state index is 6.58. The summed E-state index contributed by atoms with van der Waals surface area (Å²) in [5.41, 5.74) is 9.51. The van der Waals surface area contributed by atoms with Gasteiger partial charge in [-0.25, -0.2) is 4.98 Å². The molecule has 276 valence electrons. The molecule has 0 aliphatic carbocycles. The van der Waals surface area contributed by atoms with Crippen molar-refractivity contribution in [2.24, 2.45) is 0 Å². The van der Waals surface area contributed by atoms with Crippen molar-refractivity contribution in [1.29, 1.82) is 0 Å². The maximum atomic E-state index is 6.58. The Morgan fingerprint density at radius 3 is 1.63 bits per heavy atom. The standard InChI is InChI=1S/C51H28N4O4/c1-7-20-42-31(11-1)34-15-9-16-36(48(34)59-42)50-52-49(29-23-25-44-37(27-29)32-12-2-5-18-40(32)56-44)53-51(54-50)55(30-24-26-45-38(28-30)33-13-3-6-19-41(33)57-45)39-17-10-22-46-47(39)35-14-4-8-21-43(35)58-46/h1-28H. The maximum Gasteiger partial charge on any atom is 0.238 e. The number of furan rings is 4. The highest BCUT2D eigenvalue weighted by Crippen LogP contribution is 2.45. The van der Waals surface area contributed by atoms with Crippen LogP contribution in [0.5, 0.6) is 0 Å². The zero-order valence-electron chi connectivity index (χ0n) is 31.1. The molecule has 13 aromatic rings. The van der Waals surface area contributed by atoms with Gasteiger partial charge in [0, 0.05) is 43.3 Å². The molecule has 13 rings (SSSR count). The van der Waals surface area contributed by atoms with E-state index in [2.05, 4.69) is 59.5 Å². The molecule has 5 heterocycles. The minimum absolute atomic E-state index is 0.417. The number of hydrogen-bond acceptors (Lipinski definition) is 8. The van der Waals surface area contributed by atoms with Gasteiger partial charge in [-0.05, 0) is 78.9 Å². The molecule has 5 aromatic heterocycles. The molecule has 0 saturated carbocycles. The van der Waals surface area contributed by atoms with Crippen molar-refractivity contribution in [2.75, 3.05) is 4.90 Å². The number of rotatable bonds is 5. The average Bonchev–Trinajstić information content (AvgIpc) is 4.06. The highest BCUT2D eigenvalue weighted by Gasteiger charge is 2.26. The van der Waals surface area contributed by atoms with Gasteiger partial charge >= 0.3 is 0 Å². The van der Waals surface area contributed by atoms with E-state index in [4.69, 9.17) is 32.6 Å². The lowest BCUT2D eigenvalue weighted by Gasteiger charge is -2.25. The number of anilines is 3. The number of fused-ring (bicyclic) bond motifs is 12. The summed E-state index contributed by atoms with van der Waals surface area (Å²) in [5, 5.41) is 7.92. The van der Waals surface area contributed by atoms with Crippen LogP contribution in [0.1, 0.15) is 0 Å². The smallest absolute Gasteiger partial charge is 0.238 e. The largest absolute Gasteiger partial charge is 0.456 e. The van der Waals surface area contributed by atoms with Crippen molar-refractivity contribution < 1.29 is 17.7 Å². The quantitative estimate of drug-likeness (QED) is 0.171. The van der Waals surface area contributed by atoms with Gasteiger partial charge in [0.05, 0.1) is 22.3 Å². The molecule has 0 atom stereocenters. The highest BCUT2D eigenvalue weighted by atomic mass is 16.3. The first kappa shape index (κ1) is 31.9. The SMILES string of the molecule is c1ccc2c(c1)oc1ccc(-c3nc(-c4cccc5c4oc4ccccc45)nc(N(c4ccc5oc6ccccc6c5c4)c4cccc5oc6ccccc6c45)n3)cc12. The van der Waals surface area contributed by atoms with E-state index in [1.54, 1.807) is 0 Å². The minimum atomic E-state index is 0.417. The lowest BCUT2D eigenvalue weighted by Crippen LogP contribution is -2.15. The zero-order valence-corrected chi connectivity index (χ0v) is 31.1. The van der Waals surface area contributed by atoms with Gasteiger partial charge in [0.25, 0.3) is 0 Å². The summed E-state index contributed by atoms with van der Waals surface area (Å²) in [6.07, 6.45) is 0. The Morgan fingerprint density at radius 1 is 0.356 bits per heavy atom. The number of para-hydroxylation sites is 5. The van der Waals surface area contributed by atoms with Crippen LogP contribution in [0.4, 0.5) is 17.3 Å². The third kappa shape index (κ3) is 4.80. The summed E-state index contributed by atoms with van der Waals surface area (Å²) < 4.78 is 25.5. The molecule has 0 aliphatic heterocycles. The summed E-state index contributed by atoms with van der Waals surface area (Å²) >= 11 is 0. The van der Waals surface area contributed by atoms with Crippen molar-refractivity contribution in [2.45, 2.75) is 0 Å². The van der Waals surface area contributed by atoms with E-state index < -0.39 is 0 Å². The van der Waals surface area contributed by atoms with Gasteiger partial charge in [0.2, 0.25) is 5.95 Å². The van der Waals surface area contributed by atoms with Gasteiger partial charge in [0.1, 0.15) is 44.7 Å². The first-order valence-corrected chi connectivity index (χ1v) is 19.4. The number of benzene rings is 8. The van der Waals surface area contributed by atoms with E-state index in [1.807, 2.05) is 115 Å². The van der Waals surface area contributed by atoms with Gasteiger partial charge < -0.3 is 17.7 Å². The lowest BCUT2D eigenvalue weighted by molar-refractivity contribution is 0.668. The predicted molar refractivity (Wildman–Crippen MR) is 234 cm³/mol. The molecule has 0 bridgehead atoms. The fourth-order valence-corrected chi connectivity index (χ4v) is 8.66. The van der Waals surface area contributed by atoms with E-state index in [-0.39, 0.29) is 0 Å². The van der Waals surface area contributed by atoms with Crippen molar-refractivity contribution in [3.05, 3.63) is 170 Å². The Labute approximate surface area is 334 Å². The Kier molecular flexibility index (Phi) is 6.56. The molecule has 0 saturated heterocycles. The fourth-order valence-electron chi connectivity index (χ4n) is 8.66. The molecule has 0 spiro atoms. The first-order chi connectivity index (χ1) is 29.2. The molecular weight excluding hydrogens is 733 g/mol. The van der Waals surface area contributed by atoms with Gasteiger partial charge in [-0.15, -0.1) is 0 Å². The lowest BCUT2D eigenvalue weighted by atomic mass is 10.1. The second kappa shape index (κ2) is 12.1. The van der Waals surface area contributed by atoms with Crippen molar-refractivity contribution in [3.63, 3.8) is 0 Å². The van der Waals surface area contributed by atoms with E-state index in [9.17, 15) is 0 Å².